The number of amidine groups is 1. The molecule has 3 heterocycles. The van der Waals surface area contributed by atoms with E-state index in [0.717, 1.165) is 47.7 Å². The zero-order valence-corrected chi connectivity index (χ0v) is 15.5. The van der Waals surface area contributed by atoms with Gasteiger partial charge in [0.1, 0.15) is 6.54 Å². The molecule has 0 unspecified atom stereocenters. The van der Waals surface area contributed by atoms with Crippen LogP contribution in [-0.2, 0) is 11.3 Å². The SMILES string of the molecule is O=C1N=C(N2CC[NH+](Cc3ccccc3)CC2)S/C1=C/c1cccs1. The highest BCUT2D eigenvalue weighted by molar-refractivity contribution is 8.18. The minimum Gasteiger partial charge on any atom is -0.339 e. The van der Waals surface area contributed by atoms with Gasteiger partial charge in [0.25, 0.3) is 5.91 Å². The van der Waals surface area contributed by atoms with Crippen LogP contribution in [0.4, 0.5) is 0 Å². The number of nitrogens with zero attached hydrogens (tertiary/aromatic N) is 2. The topological polar surface area (TPSA) is 37.1 Å². The van der Waals surface area contributed by atoms with E-state index >= 15 is 0 Å². The summed E-state index contributed by atoms with van der Waals surface area (Å²) in [6.45, 7) is 5.12. The molecule has 1 aromatic heterocycles. The highest BCUT2D eigenvalue weighted by Crippen LogP contribution is 2.31. The van der Waals surface area contributed by atoms with Gasteiger partial charge in [0.05, 0.1) is 31.1 Å². The molecule has 0 radical (unpaired) electrons. The Morgan fingerprint density at radius 2 is 1.92 bits per heavy atom. The third kappa shape index (κ3) is 4.03. The maximum absolute atomic E-state index is 12.2. The Morgan fingerprint density at radius 1 is 1.12 bits per heavy atom. The molecule has 0 bridgehead atoms. The van der Waals surface area contributed by atoms with Crippen molar-refractivity contribution in [2.24, 2.45) is 4.99 Å². The molecule has 1 fully saturated rings. The van der Waals surface area contributed by atoms with Gasteiger partial charge in [-0.1, -0.05) is 36.4 Å². The second kappa shape index (κ2) is 7.56. The van der Waals surface area contributed by atoms with Gasteiger partial charge < -0.3 is 9.80 Å². The first kappa shape index (κ1) is 16.6. The number of thioether (sulfide) groups is 1. The van der Waals surface area contributed by atoms with Crippen molar-refractivity contribution in [1.82, 2.24) is 4.90 Å². The average molecular weight is 371 g/mol. The lowest BCUT2D eigenvalue weighted by Crippen LogP contribution is -3.13. The number of rotatable bonds is 3. The van der Waals surface area contributed by atoms with Gasteiger partial charge in [0.15, 0.2) is 5.17 Å². The van der Waals surface area contributed by atoms with Crippen LogP contribution < -0.4 is 4.90 Å². The molecule has 6 heteroatoms. The predicted octanol–water partition coefficient (Wildman–Crippen LogP) is 2.12. The minimum atomic E-state index is -0.104. The Kier molecular flexibility index (Phi) is 5.01. The molecule has 0 aliphatic carbocycles. The summed E-state index contributed by atoms with van der Waals surface area (Å²) in [6.07, 6.45) is 1.95. The fourth-order valence-electron chi connectivity index (χ4n) is 3.11. The largest absolute Gasteiger partial charge is 0.339 e. The first-order valence-corrected chi connectivity index (χ1v) is 10.2. The summed E-state index contributed by atoms with van der Waals surface area (Å²) in [7, 11) is 0. The molecule has 0 atom stereocenters. The monoisotopic (exact) mass is 370 g/mol. The number of carbonyl (C=O) groups excluding carboxylic acids is 1. The summed E-state index contributed by atoms with van der Waals surface area (Å²) in [5, 5.41) is 2.89. The summed E-state index contributed by atoms with van der Waals surface area (Å²) in [5.41, 5.74) is 1.38. The van der Waals surface area contributed by atoms with Gasteiger partial charge in [0.2, 0.25) is 0 Å². The minimum absolute atomic E-state index is 0.104. The Bertz CT molecular complexity index is 791. The highest BCUT2D eigenvalue weighted by Gasteiger charge is 2.29. The third-order valence-electron chi connectivity index (χ3n) is 4.46. The molecule has 128 valence electrons. The van der Waals surface area contributed by atoms with Gasteiger partial charge in [-0.05, 0) is 29.3 Å². The number of hydrogen-bond acceptors (Lipinski definition) is 4. The fraction of sp³-hybridized carbons (Fsp3) is 0.263. The zero-order chi connectivity index (χ0) is 17.1. The Balaban J connectivity index is 1.34. The molecule has 1 amide bonds. The molecular formula is C19H20N3OS2+. The van der Waals surface area contributed by atoms with Crippen molar-refractivity contribution in [3.63, 3.8) is 0 Å². The van der Waals surface area contributed by atoms with Gasteiger partial charge in [-0.2, -0.15) is 4.99 Å². The van der Waals surface area contributed by atoms with Crippen LogP contribution in [0.15, 0.2) is 57.7 Å². The summed E-state index contributed by atoms with van der Waals surface area (Å²) in [4.78, 5) is 22.1. The lowest BCUT2D eigenvalue weighted by atomic mass is 10.2. The zero-order valence-electron chi connectivity index (χ0n) is 13.9. The first-order valence-electron chi connectivity index (χ1n) is 8.46. The number of thiophene rings is 1. The van der Waals surface area contributed by atoms with Crippen molar-refractivity contribution in [1.29, 1.82) is 0 Å². The lowest BCUT2D eigenvalue weighted by Gasteiger charge is -2.32. The number of aliphatic imine (C=N–C) groups is 1. The number of hydrogen-bond donors (Lipinski definition) is 1. The standard InChI is InChI=1S/C19H19N3OS2/c23-18-17(13-16-7-4-12-24-16)25-19(20-18)22-10-8-21(9-11-22)14-15-5-2-1-3-6-15/h1-7,12-13H,8-11,14H2/p+1/b17-13+. The van der Waals surface area contributed by atoms with Crippen LogP contribution in [0, 0.1) is 0 Å². The molecule has 2 aliphatic rings. The van der Waals surface area contributed by atoms with E-state index in [1.165, 1.54) is 17.3 Å². The van der Waals surface area contributed by atoms with Crippen molar-refractivity contribution in [3.05, 3.63) is 63.2 Å². The molecule has 0 saturated carbocycles. The number of amides is 1. The Morgan fingerprint density at radius 3 is 2.64 bits per heavy atom. The van der Waals surface area contributed by atoms with E-state index in [1.54, 1.807) is 16.2 Å². The van der Waals surface area contributed by atoms with Crippen LogP contribution in [0.1, 0.15) is 10.4 Å². The number of quaternary nitrogens is 1. The van der Waals surface area contributed by atoms with Crippen molar-refractivity contribution in [3.8, 4) is 0 Å². The van der Waals surface area contributed by atoms with Crippen molar-refractivity contribution in [2.75, 3.05) is 26.2 Å². The first-order chi connectivity index (χ1) is 12.3. The summed E-state index contributed by atoms with van der Waals surface area (Å²) < 4.78 is 0. The smallest absolute Gasteiger partial charge is 0.286 e. The molecule has 1 aromatic carbocycles. The quantitative estimate of drug-likeness (QED) is 0.841. The average Bonchev–Trinajstić information content (AvgIpc) is 3.27. The van der Waals surface area contributed by atoms with Gasteiger partial charge in [-0.15, -0.1) is 11.3 Å². The van der Waals surface area contributed by atoms with Crippen molar-refractivity contribution < 1.29 is 9.69 Å². The van der Waals surface area contributed by atoms with E-state index in [1.807, 2.05) is 23.6 Å². The maximum Gasteiger partial charge on any atom is 0.286 e. The number of carbonyl (C=O) groups is 1. The van der Waals surface area contributed by atoms with Crippen LogP contribution >= 0.6 is 23.1 Å². The Hall–Kier alpha value is -1.89. The molecule has 0 spiro atoms. The third-order valence-corrected chi connectivity index (χ3v) is 6.33. The maximum atomic E-state index is 12.2. The lowest BCUT2D eigenvalue weighted by molar-refractivity contribution is -0.917. The van der Waals surface area contributed by atoms with Crippen LogP contribution in [0.2, 0.25) is 0 Å². The van der Waals surface area contributed by atoms with Crippen molar-refractivity contribution in [2.45, 2.75) is 6.54 Å². The van der Waals surface area contributed by atoms with E-state index in [9.17, 15) is 4.79 Å². The van der Waals surface area contributed by atoms with Gasteiger partial charge in [-0.25, -0.2) is 0 Å². The summed E-state index contributed by atoms with van der Waals surface area (Å²) >= 11 is 3.15. The van der Waals surface area contributed by atoms with Crippen LogP contribution in [0.5, 0.6) is 0 Å². The second-order valence-electron chi connectivity index (χ2n) is 6.23. The van der Waals surface area contributed by atoms with Crippen LogP contribution in [-0.4, -0.2) is 42.2 Å². The fourth-order valence-corrected chi connectivity index (χ4v) is 4.80. The van der Waals surface area contributed by atoms with Crippen molar-refractivity contribution >= 4 is 40.2 Å². The number of nitrogens with one attached hydrogen (secondary N) is 1. The molecule has 4 rings (SSSR count). The van der Waals surface area contributed by atoms with Gasteiger partial charge >= 0.3 is 0 Å². The van der Waals surface area contributed by atoms with E-state index < -0.39 is 0 Å². The second-order valence-corrected chi connectivity index (χ2v) is 8.21. The molecule has 2 aliphatic heterocycles. The summed E-state index contributed by atoms with van der Waals surface area (Å²) in [5.74, 6) is -0.104. The normalized spacial score (nSPS) is 20.3. The van der Waals surface area contributed by atoms with Crippen LogP contribution in [0.3, 0.4) is 0 Å². The van der Waals surface area contributed by atoms with E-state index in [0.29, 0.717) is 0 Å². The molecule has 1 N–H and O–H groups in total. The molecule has 1 saturated heterocycles. The van der Waals surface area contributed by atoms with E-state index in [2.05, 4.69) is 40.2 Å². The number of piperazine rings is 1. The highest BCUT2D eigenvalue weighted by atomic mass is 32.2. The molecule has 4 nitrogen and oxygen atoms in total. The van der Waals surface area contributed by atoms with Crippen LogP contribution in [0.25, 0.3) is 6.08 Å². The molecular weight excluding hydrogens is 350 g/mol. The molecule has 2 aromatic rings. The van der Waals surface area contributed by atoms with Gasteiger partial charge in [0, 0.05) is 10.4 Å². The summed E-state index contributed by atoms with van der Waals surface area (Å²) in [6, 6.07) is 14.7. The molecule has 25 heavy (non-hydrogen) atoms. The Labute approximate surface area is 155 Å². The number of benzene rings is 1. The van der Waals surface area contributed by atoms with E-state index in [-0.39, 0.29) is 5.91 Å². The van der Waals surface area contributed by atoms with E-state index in [4.69, 9.17) is 0 Å². The van der Waals surface area contributed by atoms with Gasteiger partial charge in [-0.3, -0.25) is 4.79 Å². The predicted molar refractivity (Wildman–Crippen MR) is 105 cm³/mol.